The largest absolute Gasteiger partial charge is 0.489 e. The third-order valence-corrected chi connectivity index (χ3v) is 6.47. The summed E-state index contributed by atoms with van der Waals surface area (Å²) in [6, 6.07) is 23.8. The topological polar surface area (TPSA) is 66.3 Å². The number of rotatable bonds is 6. The molecule has 0 saturated carbocycles. The molecule has 0 spiro atoms. The van der Waals surface area contributed by atoms with Crippen molar-refractivity contribution in [2.45, 2.75) is 64.4 Å². The fraction of sp³-hybridized carbons (Fsp3) is 0.333. The Balaban J connectivity index is 1.51. The smallest absolute Gasteiger partial charge is 0.310 e. The highest BCUT2D eigenvalue weighted by molar-refractivity contribution is 6.05. The number of benzene rings is 3. The lowest BCUT2D eigenvalue weighted by Crippen LogP contribution is -2.20. The minimum absolute atomic E-state index is 0.0196. The van der Waals surface area contributed by atoms with E-state index in [0.29, 0.717) is 31.1 Å². The third-order valence-electron chi connectivity index (χ3n) is 6.47. The summed E-state index contributed by atoms with van der Waals surface area (Å²) < 4.78 is 18.2. The molecule has 6 nitrogen and oxygen atoms in total. The lowest BCUT2D eigenvalue weighted by Gasteiger charge is -2.20. The average molecular weight is 486 g/mol. The highest BCUT2D eigenvalue weighted by atomic mass is 16.6. The van der Waals surface area contributed by atoms with Crippen molar-refractivity contribution in [1.82, 2.24) is 0 Å². The highest BCUT2D eigenvalue weighted by Gasteiger charge is 2.29. The SMILES string of the molecule is C[C@H]1CCC[C@@H]2CC(=NO2)c2c(cc(OCc3ccccc3)cc2OCc2ccccc2)CC(=O)O1. The Bertz CT molecular complexity index is 1210. The normalized spacial score (nSPS) is 19.6. The zero-order valence-electron chi connectivity index (χ0n) is 20.5. The van der Waals surface area contributed by atoms with E-state index in [4.69, 9.17) is 19.0 Å². The van der Waals surface area contributed by atoms with Gasteiger partial charge in [-0.25, -0.2) is 0 Å². The standard InChI is InChI=1S/C30H31NO5/c1-21-9-8-14-25-17-27(31-36-25)30-24(16-29(32)35-21)15-26(33-19-22-10-4-2-5-11-22)18-28(30)34-20-23-12-6-3-7-13-23/h2-7,10-13,15,18,21,25H,8-9,14,16-17,19-20H2,1H3/t21-,25+/m0/s1. The number of carbonyl (C=O) groups is 1. The van der Waals surface area contributed by atoms with Crippen molar-refractivity contribution in [2.75, 3.05) is 0 Å². The molecule has 6 heteroatoms. The number of ether oxygens (including phenoxy) is 3. The molecule has 2 bridgehead atoms. The molecule has 3 aromatic carbocycles. The van der Waals surface area contributed by atoms with Gasteiger partial charge in [0.25, 0.3) is 0 Å². The molecule has 0 N–H and O–H groups in total. The predicted molar refractivity (Wildman–Crippen MR) is 137 cm³/mol. The van der Waals surface area contributed by atoms with Crippen LogP contribution in [0.2, 0.25) is 0 Å². The van der Waals surface area contributed by atoms with Crippen LogP contribution < -0.4 is 9.47 Å². The van der Waals surface area contributed by atoms with Crippen LogP contribution in [0.5, 0.6) is 11.5 Å². The molecular weight excluding hydrogens is 454 g/mol. The van der Waals surface area contributed by atoms with Gasteiger partial charge < -0.3 is 19.0 Å². The number of esters is 1. The molecule has 2 atom stereocenters. The Labute approximate surface area is 211 Å². The van der Waals surface area contributed by atoms with Crippen LogP contribution in [-0.4, -0.2) is 23.9 Å². The number of hydrogen-bond donors (Lipinski definition) is 0. The number of nitrogens with zero attached hydrogens (tertiary/aromatic N) is 1. The van der Waals surface area contributed by atoms with Crippen LogP contribution in [0.3, 0.4) is 0 Å². The Hall–Kier alpha value is -3.80. The summed E-state index contributed by atoms with van der Waals surface area (Å²) in [5.41, 5.74) is 4.47. The maximum absolute atomic E-state index is 12.9. The fourth-order valence-electron chi connectivity index (χ4n) is 4.63. The van der Waals surface area contributed by atoms with Crippen molar-refractivity contribution < 1.29 is 23.8 Å². The average Bonchev–Trinajstić information content (AvgIpc) is 3.35. The highest BCUT2D eigenvalue weighted by Crippen LogP contribution is 2.35. The molecule has 0 fully saturated rings. The van der Waals surface area contributed by atoms with Crippen molar-refractivity contribution >= 4 is 11.7 Å². The first-order valence-corrected chi connectivity index (χ1v) is 12.6. The van der Waals surface area contributed by atoms with Crippen LogP contribution in [0.4, 0.5) is 0 Å². The maximum Gasteiger partial charge on any atom is 0.310 e. The van der Waals surface area contributed by atoms with E-state index < -0.39 is 0 Å². The van der Waals surface area contributed by atoms with Gasteiger partial charge >= 0.3 is 5.97 Å². The lowest BCUT2D eigenvalue weighted by molar-refractivity contribution is -0.147. The maximum atomic E-state index is 12.9. The third kappa shape index (κ3) is 6.06. The van der Waals surface area contributed by atoms with Crippen molar-refractivity contribution in [3.63, 3.8) is 0 Å². The second-order valence-corrected chi connectivity index (χ2v) is 9.38. The summed E-state index contributed by atoms with van der Waals surface area (Å²) >= 11 is 0. The van der Waals surface area contributed by atoms with E-state index in [0.717, 1.165) is 47.2 Å². The van der Waals surface area contributed by atoms with Crippen LogP contribution in [-0.2, 0) is 34.0 Å². The Kier molecular flexibility index (Phi) is 7.50. The van der Waals surface area contributed by atoms with Crippen LogP contribution in [0.1, 0.15) is 54.9 Å². The number of fused-ring (bicyclic) bond motifs is 4. The fourth-order valence-corrected chi connectivity index (χ4v) is 4.63. The quantitative estimate of drug-likeness (QED) is 0.401. The van der Waals surface area contributed by atoms with E-state index in [2.05, 4.69) is 5.16 Å². The van der Waals surface area contributed by atoms with Gasteiger partial charge in [-0.1, -0.05) is 65.8 Å². The monoisotopic (exact) mass is 485 g/mol. The van der Waals surface area contributed by atoms with Gasteiger partial charge in [0, 0.05) is 18.1 Å². The van der Waals surface area contributed by atoms with E-state index in [-0.39, 0.29) is 24.6 Å². The molecule has 2 aliphatic rings. The second-order valence-electron chi connectivity index (χ2n) is 9.38. The minimum Gasteiger partial charge on any atom is -0.489 e. The van der Waals surface area contributed by atoms with Gasteiger partial charge in [-0.15, -0.1) is 0 Å². The van der Waals surface area contributed by atoms with E-state index >= 15 is 0 Å². The lowest BCUT2D eigenvalue weighted by atomic mass is 9.94. The van der Waals surface area contributed by atoms with Gasteiger partial charge in [0.05, 0.1) is 18.2 Å². The molecular formula is C30H31NO5. The van der Waals surface area contributed by atoms with Crippen LogP contribution >= 0.6 is 0 Å². The van der Waals surface area contributed by atoms with Gasteiger partial charge in [0.2, 0.25) is 0 Å². The first kappa shape index (κ1) is 23.9. The molecule has 0 aromatic heterocycles. The van der Waals surface area contributed by atoms with E-state index in [1.807, 2.05) is 79.7 Å². The molecule has 2 heterocycles. The van der Waals surface area contributed by atoms with Gasteiger partial charge in [-0.2, -0.15) is 0 Å². The van der Waals surface area contributed by atoms with Crippen molar-refractivity contribution in [2.24, 2.45) is 5.16 Å². The minimum atomic E-state index is -0.269. The molecule has 3 aromatic rings. The Morgan fingerprint density at radius 3 is 2.33 bits per heavy atom. The zero-order valence-corrected chi connectivity index (χ0v) is 20.5. The number of oxime groups is 1. The number of hydrogen-bond acceptors (Lipinski definition) is 6. The van der Waals surface area contributed by atoms with Gasteiger partial charge in [0.15, 0.2) is 0 Å². The molecule has 2 aliphatic heterocycles. The molecule has 186 valence electrons. The van der Waals surface area contributed by atoms with Gasteiger partial charge in [-0.05, 0) is 48.9 Å². The van der Waals surface area contributed by atoms with E-state index in [9.17, 15) is 4.79 Å². The summed E-state index contributed by atoms with van der Waals surface area (Å²) in [5, 5.41) is 4.43. The Morgan fingerprint density at radius 1 is 0.917 bits per heavy atom. The van der Waals surface area contributed by atoms with Crippen molar-refractivity contribution in [3.8, 4) is 11.5 Å². The summed E-state index contributed by atoms with van der Waals surface area (Å²) in [4.78, 5) is 18.7. The summed E-state index contributed by atoms with van der Waals surface area (Å²) in [6.07, 6.45) is 3.25. The first-order chi connectivity index (χ1) is 17.6. The molecule has 0 unspecified atom stereocenters. The summed E-state index contributed by atoms with van der Waals surface area (Å²) in [5.74, 6) is 0.986. The molecule has 0 radical (unpaired) electrons. The molecule has 0 amide bonds. The van der Waals surface area contributed by atoms with E-state index in [1.165, 1.54) is 0 Å². The molecule has 5 rings (SSSR count). The van der Waals surface area contributed by atoms with Crippen LogP contribution in [0, 0.1) is 0 Å². The number of carbonyl (C=O) groups excluding carboxylic acids is 1. The Morgan fingerprint density at radius 2 is 1.61 bits per heavy atom. The van der Waals surface area contributed by atoms with Gasteiger partial charge in [-0.3, -0.25) is 4.79 Å². The molecule has 0 saturated heterocycles. The molecule has 36 heavy (non-hydrogen) atoms. The van der Waals surface area contributed by atoms with E-state index in [1.54, 1.807) is 0 Å². The second kappa shape index (κ2) is 11.3. The zero-order chi connectivity index (χ0) is 24.7. The summed E-state index contributed by atoms with van der Waals surface area (Å²) in [7, 11) is 0. The number of cyclic esters (lactones) is 1. The first-order valence-electron chi connectivity index (χ1n) is 12.6. The van der Waals surface area contributed by atoms with Crippen molar-refractivity contribution in [1.29, 1.82) is 0 Å². The van der Waals surface area contributed by atoms with Crippen LogP contribution in [0.15, 0.2) is 78.0 Å². The summed E-state index contributed by atoms with van der Waals surface area (Å²) in [6.45, 7) is 2.73. The molecule has 0 aliphatic carbocycles. The van der Waals surface area contributed by atoms with Gasteiger partial charge in [0.1, 0.15) is 30.8 Å². The predicted octanol–water partition coefficient (Wildman–Crippen LogP) is 6.00. The van der Waals surface area contributed by atoms with Crippen molar-refractivity contribution in [3.05, 3.63) is 95.1 Å². The van der Waals surface area contributed by atoms with Crippen LogP contribution in [0.25, 0.3) is 0 Å².